The number of benzene rings is 1. The van der Waals surface area contributed by atoms with E-state index in [1.54, 1.807) is 12.3 Å². The first-order valence-electron chi connectivity index (χ1n) is 18.8. The summed E-state index contributed by atoms with van der Waals surface area (Å²) >= 11 is 0. The lowest BCUT2D eigenvalue weighted by Crippen LogP contribution is -2.35. The summed E-state index contributed by atoms with van der Waals surface area (Å²) in [5, 5.41) is 6.52. The van der Waals surface area contributed by atoms with Gasteiger partial charge in [0.15, 0.2) is 5.65 Å². The zero-order chi connectivity index (χ0) is 36.9. The fourth-order valence-electron chi connectivity index (χ4n) is 7.10. The van der Waals surface area contributed by atoms with Crippen LogP contribution in [0.3, 0.4) is 0 Å². The molecular formula is C40H42N10O4. The number of urea groups is 1. The first-order chi connectivity index (χ1) is 26.3. The van der Waals surface area contributed by atoms with Crippen LogP contribution in [-0.2, 0) is 20.9 Å². The summed E-state index contributed by atoms with van der Waals surface area (Å²) in [6.45, 7) is 4.69. The van der Waals surface area contributed by atoms with Crippen LogP contribution in [0.15, 0.2) is 67.1 Å². The molecule has 9 rings (SSSR count). The Morgan fingerprint density at radius 2 is 1.74 bits per heavy atom. The molecule has 3 saturated carbocycles. The highest BCUT2D eigenvalue weighted by Crippen LogP contribution is 2.47. The Balaban J connectivity index is 0.915. The summed E-state index contributed by atoms with van der Waals surface area (Å²) in [6.07, 6.45) is 10.7. The highest BCUT2D eigenvalue weighted by molar-refractivity contribution is 6.13. The molecule has 2 N–H and O–H groups in total. The molecule has 3 aliphatic carbocycles. The molecule has 3 atom stereocenters. The molecule has 5 aromatic rings. The molecule has 1 unspecified atom stereocenters. The second-order valence-electron chi connectivity index (χ2n) is 14.9. The van der Waals surface area contributed by atoms with Crippen molar-refractivity contribution < 1.29 is 19.1 Å². The normalized spacial score (nSPS) is 20.1. The zero-order valence-electron chi connectivity index (χ0n) is 30.3. The van der Waals surface area contributed by atoms with Gasteiger partial charge in [0.2, 0.25) is 5.91 Å². The number of nitrogens with zero attached hydrogens (tertiary/aromatic N) is 8. The number of fused-ring (bicyclic) bond motifs is 1. The third kappa shape index (κ3) is 7.13. The van der Waals surface area contributed by atoms with Crippen molar-refractivity contribution in [3.63, 3.8) is 0 Å². The lowest BCUT2D eigenvalue weighted by Gasteiger charge is -2.19. The van der Waals surface area contributed by atoms with E-state index in [-0.39, 0.29) is 61.3 Å². The number of ether oxygens (including phenoxy) is 1. The number of rotatable bonds is 14. The molecule has 1 aliphatic heterocycles. The lowest BCUT2D eigenvalue weighted by molar-refractivity contribution is -0.125. The minimum atomic E-state index is -0.374. The number of hydrogen-bond acceptors (Lipinski definition) is 10. The predicted octanol–water partition coefficient (Wildman–Crippen LogP) is 5.88. The first kappa shape index (κ1) is 34.0. The molecule has 0 bridgehead atoms. The number of aryl methyl sites for hydroxylation is 1. The summed E-state index contributed by atoms with van der Waals surface area (Å²) < 4.78 is 7.76. The third-order valence-electron chi connectivity index (χ3n) is 10.6. The highest BCUT2D eigenvalue weighted by Gasteiger charge is 2.46. The minimum Gasteiger partial charge on any atom is -0.375 e. The largest absolute Gasteiger partial charge is 0.375 e. The lowest BCUT2D eigenvalue weighted by atomic mass is 10.1. The van der Waals surface area contributed by atoms with E-state index in [9.17, 15) is 14.4 Å². The molecule has 0 radical (unpaired) electrons. The van der Waals surface area contributed by atoms with Crippen LogP contribution in [0.5, 0.6) is 0 Å². The van der Waals surface area contributed by atoms with Gasteiger partial charge in [0.25, 0.3) is 5.91 Å². The Bertz CT molecular complexity index is 2250. The number of carbonyl (C=O) groups is 3. The molecule has 1 aromatic carbocycles. The molecule has 54 heavy (non-hydrogen) atoms. The average molecular weight is 727 g/mol. The monoisotopic (exact) mass is 726 g/mol. The second kappa shape index (κ2) is 13.9. The molecule has 4 aliphatic rings. The number of aromatic nitrogens is 6. The van der Waals surface area contributed by atoms with Crippen LogP contribution in [0.4, 0.5) is 22.1 Å². The van der Waals surface area contributed by atoms with E-state index in [2.05, 4.69) is 26.8 Å². The van der Waals surface area contributed by atoms with Crippen LogP contribution in [-0.4, -0.2) is 71.8 Å². The second-order valence-corrected chi connectivity index (χ2v) is 14.9. The van der Waals surface area contributed by atoms with Crippen molar-refractivity contribution in [2.24, 2.45) is 5.92 Å². The minimum absolute atomic E-state index is 0.00335. The molecule has 14 heteroatoms. The standard InChI is InChI=1S/C40H42N10O4/c1-23-12-13-41-37(42-23)29-17-30(29)39(52)47-34-18-33(45-36(46-34)27-10-11-27)43-24(2)31-20-48-19-28(26-8-9-26)16-32(38(48)44-31)50-21-35(51)49(40(50)53)14-15-54-22-25-6-4-3-5-7-25/h3-7,12-13,16,18-20,24,26-27,29-30H,8-11,14-15,17,21-22H2,1-2H3,(H2,43,45,46,47,52)/t24?,29-,30-/m0/s1. The molecular weight excluding hydrogens is 685 g/mol. The van der Waals surface area contributed by atoms with Crippen LogP contribution < -0.4 is 15.5 Å². The first-order valence-corrected chi connectivity index (χ1v) is 18.8. The van der Waals surface area contributed by atoms with Crippen molar-refractivity contribution in [2.45, 2.75) is 76.4 Å². The number of imide groups is 1. The summed E-state index contributed by atoms with van der Waals surface area (Å²) in [5.41, 5.74) is 4.98. The molecule has 4 fully saturated rings. The van der Waals surface area contributed by atoms with Gasteiger partial charge in [0.05, 0.1) is 37.2 Å². The van der Waals surface area contributed by atoms with Crippen LogP contribution in [0.2, 0.25) is 0 Å². The molecule has 276 valence electrons. The average Bonchev–Trinajstić information content (AvgIpc) is 4.05. The smallest absolute Gasteiger partial charge is 0.331 e. The van der Waals surface area contributed by atoms with Gasteiger partial charge >= 0.3 is 6.03 Å². The Morgan fingerprint density at radius 3 is 2.52 bits per heavy atom. The third-order valence-corrected chi connectivity index (χ3v) is 10.6. The van der Waals surface area contributed by atoms with Gasteiger partial charge in [-0.1, -0.05) is 30.3 Å². The van der Waals surface area contributed by atoms with E-state index in [4.69, 9.17) is 19.7 Å². The van der Waals surface area contributed by atoms with Crippen LogP contribution >= 0.6 is 0 Å². The summed E-state index contributed by atoms with van der Waals surface area (Å²) in [4.78, 5) is 66.4. The summed E-state index contributed by atoms with van der Waals surface area (Å²) in [6, 6.07) is 14.8. The zero-order valence-corrected chi connectivity index (χ0v) is 30.3. The van der Waals surface area contributed by atoms with Crippen molar-refractivity contribution in [3.8, 4) is 0 Å². The maximum Gasteiger partial charge on any atom is 0.331 e. The number of anilines is 3. The SMILES string of the molecule is Cc1ccnc([C@H]2C[C@@H]2C(=O)Nc2cc(NC(C)c3cn4cc(C5CC5)cc(N5CC(=O)N(CCOCc6ccccc6)C5=O)c4n3)nc(C3CC3)n2)n1. The van der Waals surface area contributed by atoms with Gasteiger partial charge in [-0.05, 0) is 75.1 Å². The van der Waals surface area contributed by atoms with E-state index in [0.717, 1.165) is 48.2 Å². The summed E-state index contributed by atoms with van der Waals surface area (Å²) in [7, 11) is 0. The number of amides is 4. The maximum absolute atomic E-state index is 13.7. The van der Waals surface area contributed by atoms with E-state index >= 15 is 0 Å². The Morgan fingerprint density at radius 1 is 0.944 bits per heavy atom. The number of carbonyl (C=O) groups excluding carboxylic acids is 3. The Kier molecular flexibility index (Phi) is 8.76. The summed E-state index contributed by atoms with van der Waals surface area (Å²) in [5.74, 6) is 2.57. The molecule has 5 heterocycles. The quantitative estimate of drug-likeness (QED) is 0.105. The van der Waals surface area contributed by atoms with Gasteiger partial charge in [-0.15, -0.1) is 0 Å². The van der Waals surface area contributed by atoms with Crippen LogP contribution in [0.25, 0.3) is 5.65 Å². The molecule has 0 spiro atoms. The molecule has 14 nitrogen and oxygen atoms in total. The fourth-order valence-corrected chi connectivity index (χ4v) is 7.10. The van der Waals surface area contributed by atoms with E-state index < -0.39 is 0 Å². The van der Waals surface area contributed by atoms with Gasteiger partial charge in [0.1, 0.15) is 29.8 Å². The van der Waals surface area contributed by atoms with Crippen molar-refractivity contribution in [2.75, 3.05) is 35.2 Å². The van der Waals surface area contributed by atoms with Crippen molar-refractivity contribution in [1.29, 1.82) is 0 Å². The number of imidazole rings is 1. The van der Waals surface area contributed by atoms with Gasteiger partial charge < -0.3 is 19.8 Å². The van der Waals surface area contributed by atoms with Gasteiger partial charge in [-0.25, -0.2) is 29.7 Å². The Labute approximate surface area is 312 Å². The fraction of sp³-hybridized carbons (Fsp3) is 0.400. The molecule has 4 aromatic heterocycles. The van der Waals surface area contributed by atoms with Crippen molar-refractivity contribution in [1.82, 2.24) is 34.2 Å². The van der Waals surface area contributed by atoms with Crippen LogP contribution in [0.1, 0.15) is 97.0 Å². The van der Waals surface area contributed by atoms with E-state index in [1.165, 1.54) is 9.80 Å². The molecule has 1 saturated heterocycles. The number of hydrogen-bond donors (Lipinski definition) is 2. The number of nitrogens with one attached hydrogen (secondary N) is 2. The van der Waals surface area contributed by atoms with E-state index in [0.29, 0.717) is 53.6 Å². The van der Waals surface area contributed by atoms with Gasteiger partial charge in [-0.3, -0.25) is 19.4 Å². The number of pyridine rings is 1. The van der Waals surface area contributed by atoms with Crippen molar-refractivity contribution >= 4 is 40.8 Å². The maximum atomic E-state index is 13.7. The van der Waals surface area contributed by atoms with Crippen LogP contribution in [0, 0.1) is 12.8 Å². The predicted molar refractivity (Wildman–Crippen MR) is 200 cm³/mol. The van der Waals surface area contributed by atoms with E-state index in [1.807, 2.05) is 66.9 Å². The topological polar surface area (TPSA) is 160 Å². The van der Waals surface area contributed by atoms with Crippen molar-refractivity contribution in [3.05, 3.63) is 101 Å². The Hall–Kier alpha value is -5.76. The van der Waals surface area contributed by atoms with Gasteiger partial charge in [-0.2, -0.15) is 0 Å². The highest BCUT2D eigenvalue weighted by atomic mass is 16.5. The van der Waals surface area contributed by atoms with Gasteiger partial charge in [0, 0.05) is 48.1 Å². The molecule has 4 amide bonds.